The van der Waals surface area contributed by atoms with Crippen molar-refractivity contribution in [1.29, 1.82) is 0 Å². The summed E-state index contributed by atoms with van der Waals surface area (Å²) in [4.78, 5) is 0. The Balaban J connectivity index is 3.83. The van der Waals surface area contributed by atoms with E-state index in [1.165, 1.54) is 0 Å². The molecule has 119 valence electrons. The van der Waals surface area contributed by atoms with Gasteiger partial charge >= 0.3 is 125 Å². The Hall–Kier alpha value is 0.346. The maximum atomic E-state index is 5.74. The second-order valence-electron chi connectivity index (χ2n) is 4.68. The molecule has 2 unspecified atom stereocenters. The van der Waals surface area contributed by atoms with Crippen LogP contribution in [-0.4, -0.2) is 25.5 Å². The van der Waals surface area contributed by atoms with Crippen molar-refractivity contribution in [2.24, 2.45) is 0 Å². The molecule has 2 atom stereocenters. The molecule has 2 N–H and O–H groups in total. The van der Waals surface area contributed by atoms with Crippen molar-refractivity contribution >= 4 is 0 Å². The van der Waals surface area contributed by atoms with Crippen molar-refractivity contribution in [3.8, 4) is 0 Å². The monoisotopic (exact) mass is 319 g/mol. The third-order valence-corrected chi connectivity index (χ3v) is 3.39. The zero-order valence-corrected chi connectivity index (χ0v) is 14.0. The molecule has 0 rings (SSSR count). The van der Waals surface area contributed by atoms with Crippen molar-refractivity contribution in [3.63, 3.8) is 0 Å². The van der Waals surface area contributed by atoms with E-state index in [0.29, 0.717) is 15.3 Å². The summed E-state index contributed by atoms with van der Waals surface area (Å²) < 4.78 is 11.5. The third-order valence-electron chi connectivity index (χ3n) is 2.60. The van der Waals surface area contributed by atoms with E-state index in [2.05, 4.69) is 38.3 Å². The molecule has 0 spiro atoms. The second kappa shape index (κ2) is 14.7. The summed E-state index contributed by atoms with van der Waals surface area (Å²) in [5, 5.41) is 6.78. The molecule has 0 aromatic rings. The summed E-state index contributed by atoms with van der Waals surface area (Å²) in [5.41, 5.74) is 0. The Morgan fingerprint density at radius 3 is 1.47 bits per heavy atom. The molecular weight excluding hydrogens is 287 g/mol. The molecule has 0 aromatic heterocycles. The van der Waals surface area contributed by atoms with Crippen LogP contribution in [0.1, 0.15) is 66.2 Å². The molecule has 0 radical (unpaired) electrons. The topological polar surface area (TPSA) is 42.5 Å². The van der Waals surface area contributed by atoms with Crippen molar-refractivity contribution in [2.45, 2.75) is 78.7 Å². The molecule has 4 nitrogen and oxygen atoms in total. The van der Waals surface area contributed by atoms with Gasteiger partial charge in [-0.05, 0) is 0 Å². The summed E-state index contributed by atoms with van der Waals surface area (Å²) in [5.74, 6) is 0. The SMILES string of the molecule is CCCNC(CCC)[O][Co][O]C(CCC)NCCC. The minimum atomic E-state index is 0.110. The first-order chi connectivity index (χ1) is 9.28. The van der Waals surface area contributed by atoms with Gasteiger partial charge in [-0.15, -0.1) is 0 Å². The zero-order valence-electron chi connectivity index (χ0n) is 13.0. The summed E-state index contributed by atoms with van der Waals surface area (Å²) in [7, 11) is 0. The molecule has 0 aliphatic rings. The van der Waals surface area contributed by atoms with Crippen LogP contribution in [-0.2, 0) is 23.0 Å². The fourth-order valence-corrected chi connectivity index (χ4v) is 2.29. The Bertz CT molecular complexity index is 167. The van der Waals surface area contributed by atoms with Crippen LogP contribution in [0.4, 0.5) is 0 Å². The molecule has 0 aromatic carbocycles. The second-order valence-corrected chi connectivity index (χ2v) is 5.34. The molecule has 5 heteroatoms. The normalized spacial score (nSPS) is 14.7. The van der Waals surface area contributed by atoms with Crippen LogP contribution in [0.25, 0.3) is 0 Å². The zero-order chi connectivity index (χ0) is 14.3. The van der Waals surface area contributed by atoms with Crippen LogP contribution >= 0.6 is 0 Å². The van der Waals surface area contributed by atoms with Crippen LogP contribution in [0.2, 0.25) is 0 Å². The van der Waals surface area contributed by atoms with Gasteiger partial charge in [0.15, 0.2) is 0 Å². The average Bonchev–Trinajstić information content (AvgIpc) is 2.42. The van der Waals surface area contributed by atoms with Gasteiger partial charge in [0.25, 0.3) is 0 Å². The third kappa shape index (κ3) is 11.8. The molecular formula is C14H32CoN2O2. The summed E-state index contributed by atoms with van der Waals surface area (Å²) in [6.45, 7) is 10.7. The van der Waals surface area contributed by atoms with Crippen molar-refractivity contribution in [2.75, 3.05) is 13.1 Å². The molecule has 0 aliphatic carbocycles. The number of hydrogen-bond acceptors (Lipinski definition) is 4. The Labute approximate surface area is 126 Å². The summed E-state index contributed by atoms with van der Waals surface area (Å²) in [6, 6.07) is 0. The van der Waals surface area contributed by atoms with Crippen molar-refractivity contribution in [3.05, 3.63) is 0 Å². The summed E-state index contributed by atoms with van der Waals surface area (Å²) in [6.07, 6.45) is 6.74. The van der Waals surface area contributed by atoms with E-state index >= 15 is 0 Å². The molecule has 0 heterocycles. The van der Waals surface area contributed by atoms with Gasteiger partial charge in [-0.2, -0.15) is 0 Å². The predicted octanol–water partition coefficient (Wildman–Crippen LogP) is 3.18. The fourth-order valence-electron chi connectivity index (χ4n) is 1.57. The van der Waals surface area contributed by atoms with E-state index in [-0.39, 0.29) is 12.5 Å². The predicted molar refractivity (Wildman–Crippen MR) is 76.1 cm³/mol. The number of rotatable bonds is 14. The van der Waals surface area contributed by atoms with E-state index in [0.717, 1.165) is 51.6 Å². The van der Waals surface area contributed by atoms with E-state index in [1.54, 1.807) is 0 Å². The van der Waals surface area contributed by atoms with Gasteiger partial charge in [0, 0.05) is 0 Å². The van der Waals surface area contributed by atoms with Crippen LogP contribution in [0, 0.1) is 0 Å². The Morgan fingerprint density at radius 1 is 0.737 bits per heavy atom. The fraction of sp³-hybridized carbons (Fsp3) is 1.00. The van der Waals surface area contributed by atoms with Gasteiger partial charge < -0.3 is 0 Å². The molecule has 0 fully saturated rings. The van der Waals surface area contributed by atoms with E-state index in [9.17, 15) is 0 Å². The molecule has 0 amide bonds. The summed E-state index contributed by atoms with van der Waals surface area (Å²) >= 11 is 0.649. The van der Waals surface area contributed by atoms with Gasteiger partial charge in [0.05, 0.1) is 0 Å². The van der Waals surface area contributed by atoms with Crippen LogP contribution in [0.3, 0.4) is 0 Å². The van der Waals surface area contributed by atoms with Crippen LogP contribution in [0.15, 0.2) is 0 Å². The first kappa shape index (κ1) is 19.3. The Morgan fingerprint density at radius 2 is 1.16 bits per heavy atom. The molecule has 0 saturated heterocycles. The molecule has 0 aliphatic heterocycles. The van der Waals surface area contributed by atoms with Crippen molar-refractivity contribution < 1.29 is 23.0 Å². The van der Waals surface area contributed by atoms with Gasteiger partial charge in [0.2, 0.25) is 0 Å². The van der Waals surface area contributed by atoms with Crippen LogP contribution < -0.4 is 10.6 Å². The van der Waals surface area contributed by atoms with Gasteiger partial charge in [-0.3, -0.25) is 0 Å². The number of nitrogens with one attached hydrogen (secondary N) is 2. The maximum absolute atomic E-state index is 5.74. The molecule has 0 saturated carbocycles. The standard InChI is InChI=1S/2C7H16NO.Co/c2*1-3-5-7(9)8-6-4-2;/h2*7-8H,3-6H2,1-2H3;/q2*-1;+2. The van der Waals surface area contributed by atoms with Gasteiger partial charge in [-0.1, -0.05) is 0 Å². The van der Waals surface area contributed by atoms with Crippen LogP contribution in [0.5, 0.6) is 0 Å². The van der Waals surface area contributed by atoms with Gasteiger partial charge in [-0.25, -0.2) is 0 Å². The molecule has 19 heavy (non-hydrogen) atoms. The van der Waals surface area contributed by atoms with E-state index in [4.69, 9.17) is 7.70 Å². The van der Waals surface area contributed by atoms with Crippen molar-refractivity contribution in [1.82, 2.24) is 10.6 Å². The minimum absolute atomic E-state index is 0.110. The van der Waals surface area contributed by atoms with E-state index in [1.807, 2.05) is 0 Å². The Kier molecular flexibility index (Phi) is 15.0. The first-order valence-electron chi connectivity index (χ1n) is 7.67. The number of hydrogen-bond donors (Lipinski definition) is 2. The van der Waals surface area contributed by atoms with Gasteiger partial charge in [0.1, 0.15) is 0 Å². The first-order valence-corrected chi connectivity index (χ1v) is 8.52. The quantitative estimate of drug-likeness (QED) is 0.483. The molecule has 0 bridgehead atoms. The average molecular weight is 319 g/mol. The van der Waals surface area contributed by atoms with E-state index < -0.39 is 0 Å².